The standard InChI is InChI=1S/C11H22O2/c1-2-13-8-4-7-11(12)9-10-5-3-6-10/h10-12H,2-9H2,1H3. The van der Waals surface area contributed by atoms with Crippen LogP contribution in [0.1, 0.15) is 45.4 Å². The fraction of sp³-hybridized carbons (Fsp3) is 1.00. The molecule has 1 fully saturated rings. The van der Waals surface area contributed by atoms with Crippen molar-refractivity contribution in [1.82, 2.24) is 0 Å². The van der Waals surface area contributed by atoms with Gasteiger partial charge in [0.2, 0.25) is 0 Å². The summed E-state index contributed by atoms with van der Waals surface area (Å²) in [5.41, 5.74) is 0. The summed E-state index contributed by atoms with van der Waals surface area (Å²) >= 11 is 0. The maximum absolute atomic E-state index is 9.63. The zero-order chi connectivity index (χ0) is 9.52. The first-order chi connectivity index (χ1) is 6.33. The lowest BCUT2D eigenvalue weighted by molar-refractivity contribution is 0.0879. The number of aliphatic hydroxyl groups is 1. The highest BCUT2D eigenvalue weighted by atomic mass is 16.5. The van der Waals surface area contributed by atoms with E-state index in [0.29, 0.717) is 0 Å². The summed E-state index contributed by atoms with van der Waals surface area (Å²) in [5, 5.41) is 9.63. The highest BCUT2D eigenvalue weighted by molar-refractivity contribution is 4.72. The second kappa shape index (κ2) is 6.39. The Kier molecular flexibility index (Phi) is 5.40. The topological polar surface area (TPSA) is 29.5 Å². The molecule has 0 aliphatic heterocycles. The second-order valence-corrected chi connectivity index (χ2v) is 4.03. The molecular formula is C11H22O2. The van der Waals surface area contributed by atoms with E-state index in [1.807, 2.05) is 6.92 Å². The average molecular weight is 186 g/mol. The monoisotopic (exact) mass is 186 g/mol. The summed E-state index contributed by atoms with van der Waals surface area (Å²) in [7, 11) is 0. The minimum absolute atomic E-state index is 0.0780. The van der Waals surface area contributed by atoms with Crippen LogP contribution in [0, 0.1) is 5.92 Å². The Morgan fingerprint density at radius 2 is 2.23 bits per heavy atom. The van der Waals surface area contributed by atoms with E-state index >= 15 is 0 Å². The van der Waals surface area contributed by atoms with Crippen LogP contribution < -0.4 is 0 Å². The SMILES string of the molecule is CCOCCCC(O)CC1CCC1. The van der Waals surface area contributed by atoms with Gasteiger partial charge in [0, 0.05) is 13.2 Å². The van der Waals surface area contributed by atoms with Gasteiger partial charge in [-0.2, -0.15) is 0 Å². The van der Waals surface area contributed by atoms with E-state index in [9.17, 15) is 5.11 Å². The van der Waals surface area contributed by atoms with E-state index in [4.69, 9.17) is 4.74 Å². The van der Waals surface area contributed by atoms with Crippen LogP contribution in [0.25, 0.3) is 0 Å². The van der Waals surface area contributed by atoms with Gasteiger partial charge in [-0.25, -0.2) is 0 Å². The van der Waals surface area contributed by atoms with Gasteiger partial charge in [0.1, 0.15) is 0 Å². The lowest BCUT2D eigenvalue weighted by atomic mass is 9.81. The summed E-state index contributed by atoms with van der Waals surface area (Å²) in [5.74, 6) is 0.821. The number of hydrogen-bond donors (Lipinski definition) is 1. The van der Waals surface area contributed by atoms with Crippen molar-refractivity contribution in [2.75, 3.05) is 13.2 Å². The Morgan fingerprint density at radius 1 is 1.46 bits per heavy atom. The van der Waals surface area contributed by atoms with Crippen LogP contribution in [0.15, 0.2) is 0 Å². The normalized spacial score (nSPS) is 19.8. The van der Waals surface area contributed by atoms with Gasteiger partial charge in [-0.1, -0.05) is 19.3 Å². The fourth-order valence-electron chi connectivity index (χ4n) is 1.80. The molecule has 1 aliphatic rings. The lowest BCUT2D eigenvalue weighted by Crippen LogP contribution is -2.19. The lowest BCUT2D eigenvalue weighted by Gasteiger charge is -2.27. The zero-order valence-corrected chi connectivity index (χ0v) is 8.67. The summed E-state index contributed by atoms with van der Waals surface area (Å²) in [6, 6.07) is 0. The third kappa shape index (κ3) is 4.63. The first-order valence-corrected chi connectivity index (χ1v) is 5.58. The number of ether oxygens (including phenoxy) is 1. The molecule has 0 spiro atoms. The van der Waals surface area contributed by atoms with Crippen LogP contribution >= 0.6 is 0 Å². The van der Waals surface area contributed by atoms with Crippen molar-refractivity contribution in [3.8, 4) is 0 Å². The zero-order valence-electron chi connectivity index (χ0n) is 8.67. The van der Waals surface area contributed by atoms with Gasteiger partial charge in [-0.3, -0.25) is 0 Å². The van der Waals surface area contributed by atoms with Gasteiger partial charge in [0.15, 0.2) is 0 Å². The third-order valence-corrected chi connectivity index (χ3v) is 2.86. The highest BCUT2D eigenvalue weighted by Gasteiger charge is 2.20. The molecule has 0 aromatic heterocycles. The van der Waals surface area contributed by atoms with E-state index in [1.165, 1.54) is 19.3 Å². The first kappa shape index (κ1) is 11.0. The number of aliphatic hydroxyl groups excluding tert-OH is 1. The highest BCUT2D eigenvalue weighted by Crippen LogP contribution is 2.31. The summed E-state index contributed by atoms with van der Waals surface area (Å²) in [6.07, 6.45) is 6.90. The Labute approximate surface area is 81.3 Å². The number of hydrogen-bond acceptors (Lipinski definition) is 2. The van der Waals surface area contributed by atoms with Gasteiger partial charge >= 0.3 is 0 Å². The van der Waals surface area contributed by atoms with Crippen molar-refractivity contribution in [1.29, 1.82) is 0 Å². The Balaban J connectivity index is 1.87. The van der Waals surface area contributed by atoms with E-state index in [0.717, 1.165) is 38.4 Å². The predicted octanol–water partition coefficient (Wildman–Crippen LogP) is 2.35. The Morgan fingerprint density at radius 3 is 2.77 bits per heavy atom. The summed E-state index contributed by atoms with van der Waals surface area (Å²) < 4.78 is 5.22. The molecule has 0 aromatic rings. The minimum Gasteiger partial charge on any atom is -0.393 e. The maximum atomic E-state index is 9.63. The average Bonchev–Trinajstić information content (AvgIpc) is 2.06. The molecule has 1 saturated carbocycles. The molecule has 2 heteroatoms. The fourth-order valence-corrected chi connectivity index (χ4v) is 1.80. The van der Waals surface area contributed by atoms with Crippen molar-refractivity contribution >= 4 is 0 Å². The third-order valence-electron chi connectivity index (χ3n) is 2.86. The van der Waals surface area contributed by atoms with E-state index in [2.05, 4.69) is 0 Å². The van der Waals surface area contributed by atoms with Crippen molar-refractivity contribution in [3.05, 3.63) is 0 Å². The van der Waals surface area contributed by atoms with Gasteiger partial charge in [0.05, 0.1) is 6.10 Å². The molecule has 0 radical (unpaired) electrons. The van der Waals surface area contributed by atoms with Gasteiger partial charge in [-0.05, 0) is 32.1 Å². The molecule has 2 nitrogen and oxygen atoms in total. The van der Waals surface area contributed by atoms with Crippen LogP contribution in [-0.4, -0.2) is 24.4 Å². The maximum Gasteiger partial charge on any atom is 0.0543 e. The van der Waals surface area contributed by atoms with Crippen molar-refractivity contribution in [3.63, 3.8) is 0 Å². The molecule has 0 heterocycles. The molecule has 1 N–H and O–H groups in total. The number of rotatable bonds is 7. The van der Waals surface area contributed by atoms with E-state index in [1.54, 1.807) is 0 Å². The molecule has 1 rings (SSSR count). The largest absolute Gasteiger partial charge is 0.393 e. The Bertz CT molecular complexity index is 121. The van der Waals surface area contributed by atoms with Crippen molar-refractivity contribution in [2.24, 2.45) is 5.92 Å². The molecule has 0 aromatic carbocycles. The van der Waals surface area contributed by atoms with E-state index < -0.39 is 0 Å². The molecule has 78 valence electrons. The van der Waals surface area contributed by atoms with Gasteiger partial charge in [0.25, 0.3) is 0 Å². The van der Waals surface area contributed by atoms with Crippen LogP contribution in [0.4, 0.5) is 0 Å². The smallest absolute Gasteiger partial charge is 0.0543 e. The minimum atomic E-state index is -0.0780. The quantitative estimate of drug-likeness (QED) is 0.618. The second-order valence-electron chi connectivity index (χ2n) is 4.03. The molecular weight excluding hydrogens is 164 g/mol. The molecule has 0 bridgehead atoms. The van der Waals surface area contributed by atoms with Crippen LogP contribution in [-0.2, 0) is 4.74 Å². The van der Waals surface area contributed by atoms with Crippen LogP contribution in [0.5, 0.6) is 0 Å². The predicted molar refractivity (Wildman–Crippen MR) is 53.7 cm³/mol. The molecule has 1 unspecified atom stereocenters. The van der Waals surface area contributed by atoms with Crippen LogP contribution in [0.2, 0.25) is 0 Å². The van der Waals surface area contributed by atoms with Gasteiger partial charge in [-0.15, -0.1) is 0 Å². The first-order valence-electron chi connectivity index (χ1n) is 5.58. The van der Waals surface area contributed by atoms with Crippen LogP contribution in [0.3, 0.4) is 0 Å². The molecule has 1 atom stereocenters. The van der Waals surface area contributed by atoms with E-state index in [-0.39, 0.29) is 6.10 Å². The molecule has 0 saturated heterocycles. The van der Waals surface area contributed by atoms with Gasteiger partial charge < -0.3 is 9.84 Å². The summed E-state index contributed by atoms with van der Waals surface area (Å²) in [6.45, 7) is 3.60. The summed E-state index contributed by atoms with van der Waals surface area (Å²) in [4.78, 5) is 0. The van der Waals surface area contributed by atoms with Crippen molar-refractivity contribution in [2.45, 2.75) is 51.6 Å². The Hall–Kier alpha value is -0.0800. The molecule has 0 amide bonds. The molecule has 13 heavy (non-hydrogen) atoms. The van der Waals surface area contributed by atoms with Crippen molar-refractivity contribution < 1.29 is 9.84 Å². The molecule has 1 aliphatic carbocycles.